The van der Waals surface area contributed by atoms with Gasteiger partial charge in [-0.3, -0.25) is 9.36 Å². The van der Waals surface area contributed by atoms with E-state index in [1.165, 1.54) is 11.0 Å². The maximum Gasteiger partial charge on any atom is 0.252 e. The van der Waals surface area contributed by atoms with Gasteiger partial charge in [0.05, 0.1) is 5.56 Å². The van der Waals surface area contributed by atoms with Gasteiger partial charge in [-0.25, -0.2) is 9.67 Å². The number of anilines is 1. The molecule has 1 N–H and O–H groups in total. The van der Waals surface area contributed by atoms with Crippen LogP contribution < -0.4 is 5.32 Å². The fourth-order valence-corrected chi connectivity index (χ4v) is 2.70. The second kappa shape index (κ2) is 6.91. The Morgan fingerprint density at radius 1 is 1.19 bits per heavy atom. The standard InChI is InChI=1S/C18H15N7O/c1-12-13(2)25(14-6-4-3-5-7-14)18(15(12)8-19)22-17(26)10-24-11-21-16(9-20)23-24/h3-7,11H,10H2,1-2H3,(H,22,26). The highest BCUT2D eigenvalue weighted by Crippen LogP contribution is 2.29. The van der Waals surface area contributed by atoms with Crippen molar-refractivity contribution >= 4 is 11.7 Å². The normalized spacial score (nSPS) is 10.2. The lowest BCUT2D eigenvalue weighted by molar-refractivity contribution is -0.116. The maximum absolute atomic E-state index is 12.4. The van der Waals surface area contributed by atoms with Gasteiger partial charge in [-0.05, 0) is 31.5 Å². The summed E-state index contributed by atoms with van der Waals surface area (Å²) >= 11 is 0. The summed E-state index contributed by atoms with van der Waals surface area (Å²) in [6, 6.07) is 13.5. The fraction of sp³-hybridized carbons (Fsp3) is 0.167. The van der Waals surface area contributed by atoms with Gasteiger partial charge >= 0.3 is 0 Å². The Balaban J connectivity index is 1.96. The van der Waals surface area contributed by atoms with Crippen molar-refractivity contribution in [2.75, 3.05) is 5.32 Å². The molecule has 128 valence electrons. The number of rotatable bonds is 4. The van der Waals surface area contributed by atoms with E-state index in [-0.39, 0.29) is 18.3 Å². The van der Waals surface area contributed by atoms with Crippen LogP contribution in [0.15, 0.2) is 36.7 Å². The number of carbonyl (C=O) groups excluding carboxylic acids is 1. The van der Waals surface area contributed by atoms with Crippen molar-refractivity contribution in [2.45, 2.75) is 20.4 Å². The van der Waals surface area contributed by atoms with Gasteiger partial charge in [0.25, 0.3) is 5.82 Å². The molecule has 3 aromatic rings. The van der Waals surface area contributed by atoms with Gasteiger partial charge in [0.15, 0.2) is 0 Å². The van der Waals surface area contributed by atoms with E-state index in [1.807, 2.05) is 54.8 Å². The van der Waals surface area contributed by atoms with Gasteiger partial charge in [0.1, 0.15) is 30.8 Å². The van der Waals surface area contributed by atoms with Gasteiger partial charge in [0.2, 0.25) is 5.91 Å². The Hall–Kier alpha value is -3.91. The predicted molar refractivity (Wildman–Crippen MR) is 93.3 cm³/mol. The third kappa shape index (κ3) is 3.04. The molecule has 8 heteroatoms. The molecule has 0 saturated carbocycles. The molecule has 0 aliphatic rings. The third-order valence-corrected chi connectivity index (χ3v) is 4.04. The summed E-state index contributed by atoms with van der Waals surface area (Å²) in [5.74, 6) is 0.0414. The zero-order valence-electron chi connectivity index (χ0n) is 14.3. The average Bonchev–Trinajstić information content (AvgIpc) is 3.18. The van der Waals surface area contributed by atoms with Crippen molar-refractivity contribution in [2.24, 2.45) is 0 Å². The fourth-order valence-electron chi connectivity index (χ4n) is 2.70. The van der Waals surface area contributed by atoms with E-state index in [9.17, 15) is 10.1 Å². The highest BCUT2D eigenvalue weighted by molar-refractivity contribution is 5.92. The highest BCUT2D eigenvalue weighted by Gasteiger charge is 2.20. The van der Waals surface area contributed by atoms with E-state index in [1.54, 1.807) is 0 Å². The molecule has 0 fully saturated rings. The first kappa shape index (κ1) is 16.9. The summed E-state index contributed by atoms with van der Waals surface area (Å²) in [4.78, 5) is 16.2. The number of para-hydroxylation sites is 1. The zero-order chi connectivity index (χ0) is 18.7. The van der Waals surface area contributed by atoms with E-state index in [0.717, 1.165) is 16.9 Å². The van der Waals surface area contributed by atoms with Gasteiger partial charge in [-0.15, -0.1) is 5.10 Å². The first-order valence-electron chi connectivity index (χ1n) is 7.82. The first-order valence-corrected chi connectivity index (χ1v) is 7.82. The Morgan fingerprint density at radius 2 is 1.92 bits per heavy atom. The predicted octanol–water partition coefficient (Wildman–Crippen LogP) is 2.07. The maximum atomic E-state index is 12.4. The molecule has 3 rings (SSSR count). The molecule has 0 atom stereocenters. The summed E-state index contributed by atoms with van der Waals surface area (Å²) in [6.07, 6.45) is 1.32. The zero-order valence-corrected chi connectivity index (χ0v) is 14.3. The largest absolute Gasteiger partial charge is 0.309 e. The molecule has 1 aromatic carbocycles. The molecule has 0 aliphatic heterocycles. The number of nitrogens with zero attached hydrogens (tertiary/aromatic N) is 6. The molecule has 0 radical (unpaired) electrons. The molecule has 0 unspecified atom stereocenters. The third-order valence-electron chi connectivity index (χ3n) is 4.04. The lowest BCUT2D eigenvalue weighted by atomic mass is 10.2. The molecule has 2 aromatic heterocycles. The second-order valence-electron chi connectivity index (χ2n) is 5.64. The molecular weight excluding hydrogens is 330 g/mol. The van der Waals surface area contributed by atoms with Crippen molar-refractivity contribution < 1.29 is 4.79 Å². The summed E-state index contributed by atoms with van der Waals surface area (Å²) in [6.45, 7) is 3.63. The second-order valence-corrected chi connectivity index (χ2v) is 5.64. The number of benzene rings is 1. The van der Waals surface area contributed by atoms with E-state index in [2.05, 4.69) is 21.5 Å². The van der Waals surface area contributed by atoms with Crippen molar-refractivity contribution in [1.29, 1.82) is 10.5 Å². The van der Waals surface area contributed by atoms with E-state index >= 15 is 0 Å². The van der Waals surface area contributed by atoms with Crippen molar-refractivity contribution in [3.63, 3.8) is 0 Å². The molecule has 0 spiro atoms. The van der Waals surface area contributed by atoms with Gasteiger partial charge in [-0.2, -0.15) is 10.5 Å². The van der Waals surface area contributed by atoms with Crippen LogP contribution in [-0.2, 0) is 11.3 Å². The van der Waals surface area contributed by atoms with E-state index in [4.69, 9.17) is 5.26 Å². The molecule has 0 bridgehead atoms. The number of carbonyl (C=O) groups is 1. The summed E-state index contributed by atoms with van der Waals surface area (Å²) in [5, 5.41) is 25.0. The smallest absolute Gasteiger partial charge is 0.252 e. The van der Waals surface area contributed by atoms with Crippen molar-refractivity contribution in [3.05, 3.63) is 59.3 Å². The number of hydrogen-bond donors (Lipinski definition) is 1. The lowest BCUT2D eigenvalue weighted by Gasteiger charge is -2.13. The van der Waals surface area contributed by atoms with Crippen molar-refractivity contribution in [1.82, 2.24) is 19.3 Å². The minimum atomic E-state index is -0.370. The van der Waals surface area contributed by atoms with Crippen LogP contribution in [0.4, 0.5) is 5.82 Å². The minimum Gasteiger partial charge on any atom is -0.309 e. The molecule has 0 saturated heterocycles. The number of nitriles is 2. The Morgan fingerprint density at radius 3 is 2.54 bits per heavy atom. The van der Waals surface area contributed by atoms with Crippen LogP contribution in [-0.4, -0.2) is 25.2 Å². The molecule has 1 amide bonds. The van der Waals surface area contributed by atoms with Crippen LogP contribution in [0, 0.1) is 36.5 Å². The quantitative estimate of drug-likeness (QED) is 0.778. The number of aromatic nitrogens is 4. The summed E-state index contributed by atoms with van der Waals surface area (Å²) < 4.78 is 3.11. The molecule has 2 heterocycles. The average molecular weight is 345 g/mol. The first-order chi connectivity index (χ1) is 12.5. The summed E-state index contributed by atoms with van der Waals surface area (Å²) in [7, 11) is 0. The van der Waals surface area contributed by atoms with Gasteiger partial charge in [-0.1, -0.05) is 18.2 Å². The Kier molecular flexibility index (Phi) is 4.50. The Bertz CT molecular complexity index is 1050. The van der Waals surface area contributed by atoms with Crippen molar-refractivity contribution in [3.8, 4) is 17.8 Å². The number of nitrogens with one attached hydrogen (secondary N) is 1. The monoisotopic (exact) mass is 345 g/mol. The van der Waals surface area contributed by atoms with E-state index in [0.29, 0.717) is 11.4 Å². The molecular formula is C18H15N7O. The van der Waals surface area contributed by atoms with Crippen LogP contribution >= 0.6 is 0 Å². The summed E-state index contributed by atoms with van der Waals surface area (Å²) in [5.41, 5.74) is 2.93. The topological polar surface area (TPSA) is 112 Å². The molecule has 0 aliphatic carbocycles. The minimum absolute atomic E-state index is 0.00476. The highest BCUT2D eigenvalue weighted by atomic mass is 16.2. The van der Waals surface area contributed by atoms with Gasteiger partial charge in [0, 0.05) is 11.4 Å². The van der Waals surface area contributed by atoms with Crippen LogP contribution in [0.3, 0.4) is 0 Å². The Labute approximate surface area is 149 Å². The molecule has 8 nitrogen and oxygen atoms in total. The number of hydrogen-bond acceptors (Lipinski definition) is 5. The van der Waals surface area contributed by atoms with Crippen LogP contribution in [0.5, 0.6) is 0 Å². The lowest BCUT2D eigenvalue weighted by Crippen LogP contribution is -2.21. The van der Waals surface area contributed by atoms with Crippen LogP contribution in [0.25, 0.3) is 5.69 Å². The van der Waals surface area contributed by atoms with Crippen LogP contribution in [0.1, 0.15) is 22.6 Å². The number of amides is 1. The SMILES string of the molecule is Cc1c(C#N)c(NC(=O)Cn2cnc(C#N)n2)n(-c2ccccc2)c1C. The van der Waals surface area contributed by atoms with E-state index < -0.39 is 0 Å². The molecule has 26 heavy (non-hydrogen) atoms. The van der Waals surface area contributed by atoms with Crippen LogP contribution in [0.2, 0.25) is 0 Å². The van der Waals surface area contributed by atoms with Gasteiger partial charge < -0.3 is 5.32 Å².